The van der Waals surface area contributed by atoms with Crippen molar-refractivity contribution in [2.24, 2.45) is 5.92 Å². The van der Waals surface area contributed by atoms with E-state index in [1.165, 1.54) is 5.56 Å². The lowest BCUT2D eigenvalue weighted by Crippen LogP contribution is -2.09. The van der Waals surface area contributed by atoms with Crippen molar-refractivity contribution >= 4 is 23.2 Å². The Bertz CT molecular complexity index is 318. The third kappa shape index (κ3) is 1.05. The molecule has 2 unspecified atom stereocenters. The van der Waals surface area contributed by atoms with Gasteiger partial charge in [0.1, 0.15) is 4.33 Å². The maximum atomic E-state index is 6.20. The van der Waals surface area contributed by atoms with Gasteiger partial charge in [0.25, 0.3) is 0 Å². The molecular weight excluding hydrogens is 203 g/mol. The van der Waals surface area contributed by atoms with Crippen LogP contribution in [0.25, 0.3) is 0 Å². The van der Waals surface area contributed by atoms with E-state index in [9.17, 15) is 0 Å². The average molecular weight is 215 g/mol. The van der Waals surface area contributed by atoms with Crippen LogP contribution in [0.3, 0.4) is 0 Å². The molecule has 0 N–H and O–H groups in total. The molecule has 0 saturated heterocycles. The first-order valence-electron chi connectivity index (χ1n) is 4.44. The second-order valence-corrected chi connectivity index (χ2v) is 5.30. The molecule has 1 aliphatic rings. The van der Waals surface area contributed by atoms with Gasteiger partial charge in [0.15, 0.2) is 0 Å². The van der Waals surface area contributed by atoms with E-state index in [1.807, 2.05) is 18.2 Å². The van der Waals surface area contributed by atoms with Crippen LogP contribution in [0.5, 0.6) is 0 Å². The normalized spacial score (nSPS) is 35.8. The molecule has 1 saturated carbocycles. The van der Waals surface area contributed by atoms with Crippen molar-refractivity contribution < 1.29 is 0 Å². The van der Waals surface area contributed by atoms with Crippen LogP contribution in [0, 0.1) is 5.92 Å². The molecule has 13 heavy (non-hydrogen) atoms. The second kappa shape index (κ2) is 2.65. The van der Waals surface area contributed by atoms with Crippen molar-refractivity contribution in [3.63, 3.8) is 0 Å². The topological polar surface area (TPSA) is 0 Å². The summed E-state index contributed by atoms with van der Waals surface area (Å²) in [4.78, 5) is 0. The van der Waals surface area contributed by atoms with Crippen molar-refractivity contribution in [2.45, 2.75) is 23.6 Å². The molecule has 0 aliphatic heterocycles. The fourth-order valence-corrected chi connectivity index (χ4v) is 2.84. The molecule has 2 atom stereocenters. The molecule has 2 rings (SSSR count). The molecule has 0 nitrogen and oxygen atoms in total. The van der Waals surface area contributed by atoms with Gasteiger partial charge in [-0.05, 0) is 5.56 Å². The first-order chi connectivity index (χ1) is 6.01. The quantitative estimate of drug-likeness (QED) is 0.625. The van der Waals surface area contributed by atoms with E-state index in [-0.39, 0.29) is 5.41 Å². The molecule has 70 valence electrons. The highest BCUT2D eigenvalue weighted by molar-refractivity contribution is 6.52. The molecular formula is C11H12Cl2. The van der Waals surface area contributed by atoms with Crippen molar-refractivity contribution in [1.82, 2.24) is 0 Å². The summed E-state index contributed by atoms with van der Waals surface area (Å²) in [5.41, 5.74) is 1.16. The van der Waals surface area contributed by atoms with Crippen molar-refractivity contribution in [3.8, 4) is 0 Å². The van der Waals surface area contributed by atoms with Gasteiger partial charge in [-0.3, -0.25) is 0 Å². The lowest BCUT2D eigenvalue weighted by Gasteiger charge is -2.11. The Kier molecular flexibility index (Phi) is 1.91. The molecule has 0 aromatic heterocycles. The average Bonchev–Trinajstić information content (AvgIpc) is 2.53. The number of rotatable bonds is 1. The Hall–Kier alpha value is -0.200. The third-order valence-corrected chi connectivity index (χ3v) is 4.83. The number of alkyl halides is 2. The lowest BCUT2D eigenvalue weighted by molar-refractivity contribution is 0.700. The Morgan fingerprint density at radius 1 is 1.15 bits per heavy atom. The highest BCUT2D eigenvalue weighted by atomic mass is 35.5. The fourth-order valence-electron chi connectivity index (χ4n) is 1.96. The second-order valence-electron chi connectivity index (χ2n) is 3.91. The third-order valence-electron chi connectivity index (χ3n) is 3.39. The molecule has 0 heterocycles. The van der Waals surface area contributed by atoms with Gasteiger partial charge < -0.3 is 0 Å². The molecule has 0 radical (unpaired) electrons. The summed E-state index contributed by atoms with van der Waals surface area (Å²) in [7, 11) is 0. The zero-order valence-corrected chi connectivity index (χ0v) is 9.23. The summed E-state index contributed by atoms with van der Waals surface area (Å²) < 4.78 is -0.589. The maximum absolute atomic E-state index is 6.20. The van der Waals surface area contributed by atoms with Gasteiger partial charge in [0.2, 0.25) is 0 Å². The fraction of sp³-hybridized carbons (Fsp3) is 0.455. The maximum Gasteiger partial charge on any atom is 0.131 e. The van der Waals surface area contributed by atoms with E-state index in [2.05, 4.69) is 26.0 Å². The predicted molar refractivity (Wildman–Crippen MR) is 57.4 cm³/mol. The monoisotopic (exact) mass is 214 g/mol. The number of hydrogen-bond donors (Lipinski definition) is 0. The van der Waals surface area contributed by atoms with Crippen LogP contribution < -0.4 is 0 Å². The van der Waals surface area contributed by atoms with Gasteiger partial charge in [-0.15, -0.1) is 23.2 Å². The van der Waals surface area contributed by atoms with E-state index in [4.69, 9.17) is 23.2 Å². The van der Waals surface area contributed by atoms with Crippen LogP contribution in [-0.2, 0) is 5.41 Å². The van der Waals surface area contributed by atoms with Gasteiger partial charge in [0, 0.05) is 11.3 Å². The van der Waals surface area contributed by atoms with E-state index in [1.54, 1.807) is 0 Å². The molecule has 1 fully saturated rings. The molecule has 1 aliphatic carbocycles. The zero-order valence-electron chi connectivity index (χ0n) is 7.72. The van der Waals surface area contributed by atoms with Gasteiger partial charge in [-0.1, -0.05) is 44.2 Å². The summed E-state index contributed by atoms with van der Waals surface area (Å²) >= 11 is 12.4. The summed E-state index contributed by atoms with van der Waals surface area (Å²) in [6.45, 7) is 4.21. The molecule has 0 spiro atoms. The number of hydrogen-bond acceptors (Lipinski definition) is 0. The van der Waals surface area contributed by atoms with E-state index >= 15 is 0 Å². The standard InChI is InChI=1S/C11H12Cl2/c1-8-10(2,11(8,12)13)9-6-4-3-5-7-9/h3-8H,1-2H3. The van der Waals surface area contributed by atoms with Crippen LogP contribution in [0.4, 0.5) is 0 Å². The van der Waals surface area contributed by atoms with Gasteiger partial charge >= 0.3 is 0 Å². The Morgan fingerprint density at radius 3 is 2.00 bits per heavy atom. The number of halogens is 2. The van der Waals surface area contributed by atoms with Crippen LogP contribution in [-0.4, -0.2) is 4.33 Å². The van der Waals surface area contributed by atoms with Crippen LogP contribution in [0.1, 0.15) is 19.4 Å². The summed E-state index contributed by atoms with van der Waals surface area (Å²) in [6.07, 6.45) is 0. The van der Waals surface area contributed by atoms with E-state index in [0.29, 0.717) is 5.92 Å². The highest BCUT2D eigenvalue weighted by Gasteiger charge is 2.71. The summed E-state index contributed by atoms with van der Waals surface area (Å²) in [5.74, 6) is 0.325. The first kappa shape index (κ1) is 9.36. The minimum Gasteiger partial charge on any atom is -0.100 e. The minimum atomic E-state index is -0.589. The largest absolute Gasteiger partial charge is 0.131 e. The van der Waals surface area contributed by atoms with Crippen LogP contribution in [0.2, 0.25) is 0 Å². The minimum absolute atomic E-state index is 0.0721. The first-order valence-corrected chi connectivity index (χ1v) is 5.20. The predicted octanol–water partition coefficient (Wildman–Crippen LogP) is 3.77. The van der Waals surface area contributed by atoms with Crippen molar-refractivity contribution in [1.29, 1.82) is 0 Å². The van der Waals surface area contributed by atoms with Crippen LogP contribution >= 0.6 is 23.2 Å². The Balaban J connectivity index is 2.40. The van der Waals surface area contributed by atoms with Gasteiger partial charge in [0.05, 0.1) is 0 Å². The van der Waals surface area contributed by atoms with E-state index < -0.39 is 4.33 Å². The Labute approximate surface area is 88.9 Å². The zero-order chi connectivity index (χ0) is 9.69. The van der Waals surface area contributed by atoms with Crippen molar-refractivity contribution in [3.05, 3.63) is 35.9 Å². The SMILES string of the molecule is CC1C(Cl)(Cl)C1(C)c1ccccc1. The summed E-state index contributed by atoms with van der Waals surface area (Å²) in [5, 5.41) is 0. The molecule has 1 aromatic rings. The Morgan fingerprint density at radius 2 is 1.62 bits per heavy atom. The van der Waals surface area contributed by atoms with E-state index in [0.717, 1.165) is 0 Å². The molecule has 0 bridgehead atoms. The smallest absolute Gasteiger partial charge is 0.100 e. The van der Waals surface area contributed by atoms with Crippen LogP contribution in [0.15, 0.2) is 30.3 Å². The van der Waals surface area contributed by atoms with Gasteiger partial charge in [-0.25, -0.2) is 0 Å². The molecule has 0 amide bonds. The molecule has 2 heteroatoms. The summed E-state index contributed by atoms with van der Waals surface area (Å²) in [6, 6.07) is 10.2. The van der Waals surface area contributed by atoms with Gasteiger partial charge in [-0.2, -0.15) is 0 Å². The lowest BCUT2D eigenvalue weighted by atomic mass is 9.96. The highest BCUT2D eigenvalue weighted by Crippen LogP contribution is 2.69. The van der Waals surface area contributed by atoms with Crippen molar-refractivity contribution in [2.75, 3.05) is 0 Å². The number of benzene rings is 1. The molecule has 1 aromatic carbocycles.